The second kappa shape index (κ2) is 2.16. The lowest BCUT2D eigenvalue weighted by Crippen LogP contribution is -2.68. The first-order valence-electron chi connectivity index (χ1n) is 2.92. The van der Waals surface area contributed by atoms with Crippen molar-refractivity contribution in [1.82, 2.24) is 4.31 Å². The molecule has 7 heteroatoms. The number of carbonyl (C=O) groups excluding carboxylic acids is 1. The van der Waals surface area contributed by atoms with Crippen LogP contribution in [0.1, 0.15) is 6.92 Å². The van der Waals surface area contributed by atoms with E-state index < -0.39 is 28.3 Å². The maximum absolute atomic E-state index is 10.7. The first-order chi connectivity index (χ1) is 4.85. The Morgan fingerprint density at radius 2 is 2.09 bits per heavy atom. The zero-order chi connectivity index (χ0) is 8.81. The van der Waals surface area contributed by atoms with Crippen molar-refractivity contribution >= 4 is 16.2 Å². The molecule has 0 aromatic carbocycles. The maximum atomic E-state index is 10.7. The second-order valence-corrected chi connectivity index (χ2v) is 3.67. The van der Waals surface area contributed by atoms with Crippen LogP contribution < -0.4 is 5.73 Å². The Hall–Kier alpha value is -0.660. The van der Waals surface area contributed by atoms with E-state index in [4.69, 9.17) is 10.3 Å². The third-order valence-corrected chi connectivity index (χ3v) is 2.65. The summed E-state index contributed by atoms with van der Waals surface area (Å²) >= 11 is 0. The summed E-state index contributed by atoms with van der Waals surface area (Å²) in [6.07, 6.45) is 0. The molecule has 0 spiro atoms. The van der Waals surface area contributed by atoms with E-state index in [-0.39, 0.29) is 0 Å². The Kier molecular flexibility index (Phi) is 1.66. The zero-order valence-corrected chi connectivity index (χ0v) is 6.58. The average molecular weight is 180 g/mol. The molecule has 0 aromatic heterocycles. The molecule has 6 nitrogen and oxygen atoms in total. The standard InChI is InChI=1S/C4H8N2O4S/c1-2-3(5)4(7)6(2)11(8,9)10/h2-3H,5H2,1H3,(H,8,9,10)/t2-,3?/m1/s1. The van der Waals surface area contributed by atoms with Gasteiger partial charge in [0.2, 0.25) is 0 Å². The molecular weight excluding hydrogens is 172 g/mol. The van der Waals surface area contributed by atoms with E-state index in [2.05, 4.69) is 0 Å². The smallest absolute Gasteiger partial charge is 0.318 e. The van der Waals surface area contributed by atoms with Crippen LogP contribution in [0.3, 0.4) is 0 Å². The Balaban J connectivity index is 2.88. The molecule has 1 aliphatic rings. The topological polar surface area (TPSA) is 101 Å². The molecule has 1 fully saturated rings. The molecule has 11 heavy (non-hydrogen) atoms. The number of rotatable bonds is 1. The third-order valence-electron chi connectivity index (χ3n) is 1.64. The minimum absolute atomic E-state index is 0.359. The summed E-state index contributed by atoms with van der Waals surface area (Å²) in [6, 6.07) is -1.45. The number of hydrogen-bond donors (Lipinski definition) is 2. The van der Waals surface area contributed by atoms with Crippen molar-refractivity contribution in [3.8, 4) is 0 Å². The minimum Gasteiger partial charge on any atom is -0.318 e. The Labute approximate surface area is 63.9 Å². The molecule has 2 atom stereocenters. The molecule has 0 bridgehead atoms. The van der Waals surface area contributed by atoms with Crippen LogP contribution in [0, 0.1) is 0 Å². The van der Waals surface area contributed by atoms with E-state index in [0.29, 0.717) is 4.31 Å². The van der Waals surface area contributed by atoms with Gasteiger partial charge >= 0.3 is 10.3 Å². The van der Waals surface area contributed by atoms with E-state index in [1.807, 2.05) is 0 Å². The van der Waals surface area contributed by atoms with Crippen LogP contribution in [0.2, 0.25) is 0 Å². The Morgan fingerprint density at radius 1 is 1.64 bits per heavy atom. The normalized spacial score (nSPS) is 31.9. The van der Waals surface area contributed by atoms with Gasteiger partial charge in [-0.3, -0.25) is 9.35 Å². The summed E-state index contributed by atoms with van der Waals surface area (Å²) in [5, 5.41) is 0. The zero-order valence-electron chi connectivity index (χ0n) is 5.76. The van der Waals surface area contributed by atoms with Crippen molar-refractivity contribution < 1.29 is 17.8 Å². The fraction of sp³-hybridized carbons (Fsp3) is 0.750. The molecule has 1 rings (SSSR count). The highest BCUT2D eigenvalue weighted by Gasteiger charge is 2.48. The van der Waals surface area contributed by atoms with Crippen molar-refractivity contribution in [2.24, 2.45) is 5.73 Å². The molecule has 64 valence electrons. The van der Waals surface area contributed by atoms with Crippen molar-refractivity contribution in [1.29, 1.82) is 0 Å². The molecule has 1 amide bonds. The number of nitrogens with zero attached hydrogens (tertiary/aromatic N) is 1. The van der Waals surface area contributed by atoms with Crippen molar-refractivity contribution in [2.45, 2.75) is 19.0 Å². The van der Waals surface area contributed by atoms with E-state index in [9.17, 15) is 13.2 Å². The summed E-state index contributed by atoms with van der Waals surface area (Å²) in [5.74, 6) is -0.764. The largest absolute Gasteiger partial charge is 0.362 e. The predicted octanol–water partition coefficient (Wildman–Crippen LogP) is -1.65. The third kappa shape index (κ3) is 1.10. The van der Waals surface area contributed by atoms with Gasteiger partial charge < -0.3 is 5.73 Å². The van der Waals surface area contributed by atoms with Crippen LogP contribution in [0.25, 0.3) is 0 Å². The van der Waals surface area contributed by atoms with Crippen LogP contribution in [-0.4, -0.2) is 35.3 Å². The molecule has 0 saturated carbocycles. The molecule has 0 radical (unpaired) electrons. The molecule has 3 N–H and O–H groups in total. The summed E-state index contributed by atoms with van der Waals surface area (Å²) in [6.45, 7) is 1.44. The molecule has 1 heterocycles. The van der Waals surface area contributed by atoms with E-state index in [1.165, 1.54) is 6.92 Å². The molecular formula is C4H8N2O4S. The lowest BCUT2D eigenvalue weighted by molar-refractivity contribution is -0.139. The minimum atomic E-state index is -4.39. The summed E-state index contributed by atoms with van der Waals surface area (Å²) < 4.78 is 29.5. The second-order valence-electron chi connectivity index (χ2n) is 2.38. The van der Waals surface area contributed by atoms with Crippen LogP contribution >= 0.6 is 0 Å². The van der Waals surface area contributed by atoms with E-state index >= 15 is 0 Å². The number of β-lactam (4-membered cyclic amide) rings is 1. The summed E-state index contributed by atoms with van der Waals surface area (Å²) in [7, 11) is -4.39. The lowest BCUT2D eigenvalue weighted by Gasteiger charge is -2.39. The molecule has 0 aliphatic carbocycles. The highest BCUT2D eigenvalue weighted by atomic mass is 32.2. The number of carbonyl (C=O) groups is 1. The number of amides is 1. The van der Waals surface area contributed by atoms with Gasteiger partial charge in [-0.2, -0.15) is 8.42 Å². The van der Waals surface area contributed by atoms with Crippen LogP contribution in [0.5, 0.6) is 0 Å². The number of nitrogens with two attached hydrogens (primary N) is 1. The summed E-state index contributed by atoms with van der Waals surface area (Å²) in [4.78, 5) is 10.7. The molecule has 1 unspecified atom stereocenters. The highest BCUT2D eigenvalue weighted by molar-refractivity contribution is 7.84. The first kappa shape index (κ1) is 8.44. The van der Waals surface area contributed by atoms with Gasteiger partial charge in [-0.1, -0.05) is 0 Å². The van der Waals surface area contributed by atoms with Gasteiger partial charge in [-0.25, -0.2) is 4.31 Å². The molecule has 1 aliphatic heterocycles. The average Bonchev–Trinajstić information content (AvgIpc) is 1.85. The van der Waals surface area contributed by atoms with Crippen molar-refractivity contribution in [3.63, 3.8) is 0 Å². The Morgan fingerprint density at radius 3 is 2.27 bits per heavy atom. The fourth-order valence-corrected chi connectivity index (χ4v) is 1.84. The lowest BCUT2D eigenvalue weighted by atomic mass is 10.0. The maximum Gasteiger partial charge on any atom is 0.362 e. The van der Waals surface area contributed by atoms with Crippen molar-refractivity contribution in [2.75, 3.05) is 0 Å². The van der Waals surface area contributed by atoms with Gasteiger partial charge in [-0.05, 0) is 6.92 Å². The first-order valence-corrected chi connectivity index (χ1v) is 4.31. The number of hydrogen-bond acceptors (Lipinski definition) is 4. The van der Waals surface area contributed by atoms with E-state index in [0.717, 1.165) is 0 Å². The molecule has 1 saturated heterocycles. The summed E-state index contributed by atoms with van der Waals surface area (Å²) in [5.41, 5.74) is 5.19. The molecule has 0 aromatic rings. The van der Waals surface area contributed by atoms with Crippen LogP contribution in [0.15, 0.2) is 0 Å². The van der Waals surface area contributed by atoms with Gasteiger partial charge in [0.1, 0.15) is 6.04 Å². The van der Waals surface area contributed by atoms with Gasteiger partial charge in [0.15, 0.2) is 0 Å². The van der Waals surface area contributed by atoms with Crippen LogP contribution in [-0.2, 0) is 15.1 Å². The highest BCUT2D eigenvalue weighted by Crippen LogP contribution is 2.20. The van der Waals surface area contributed by atoms with Gasteiger partial charge in [0.05, 0.1) is 6.04 Å². The van der Waals surface area contributed by atoms with Gasteiger partial charge in [-0.15, -0.1) is 0 Å². The monoisotopic (exact) mass is 180 g/mol. The van der Waals surface area contributed by atoms with E-state index in [1.54, 1.807) is 0 Å². The predicted molar refractivity (Wildman–Crippen MR) is 35.8 cm³/mol. The van der Waals surface area contributed by atoms with Crippen molar-refractivity contribution in [3.05, 3.63) is 0 Å². The van der Waals surface area contributed by atoms with Crippen LogP contribution in [0.4, 0.5) is 0 Å². The van der Waals surface area contributed by atoms with Gasteiger partial charge in [0.25, 0.3) is 5.91 Å². The quantitative estimate of drug-likeness (QED) is 0.372. The Bertz CT molecular complexity index is 284. The fourth-order valence-electron chi connectivity index (χ4n) is 0.942. The SMILES string of the molecule is C[C@@H]1C(N)C(=O)N1S(=O)(=O)O. The van der Waals surface area contributed by atoms with Gasteiger partial charge in [0, 0.05) is 0 Å².